The monoisotopic (exact) mass is 220 g/mol. The molecular weight excluding hydrogens is 200 g/mol. The molecule has 0 saturated carbocycles. The standard InChI is InChI=1S/C9H20N2O2S/c1-8-4-3-6-11(9(8)2)14(12,13)7-5-10/h8-9H,3-7,10H2,1-2H3. The molecule has 0 aliphatic carbocycles. The molecule has 84 valence electrons. The first-order valence-electron chi connectivity index (χ1n) is 5.18. The fourth-order valence-corrected chi connectivity index (χ4v) is 3.61. The van der Waals surface area contributed by atoms with Gasteiger partial charge in [-0.2, -0.15) is 4.31 Å². The lowest BCUT2D eigenvalue weighted by atomic mass is 9.94. The lowest BCUT2D eigenvalue weighted by Gasteiger charge is -2.36. The number of piperidine rings is 1. The molecule has 14 heavy (non-hydrogen) atoms. The maximum absolute atomic E-state index is 11.8. The molecule has 0 bridgehead atoms. The van der Waals surface area contributed by atoms with Crippen LogP contribution < -0.4 is 5.73 Å². The van der Waals surface area contributed by atoms with Crippen molar-refractivity contribution in [2.45, 2.75) is 32.7 Å². The average Bonchev–Trinajstić information content (AvgIpc) is 2.09. The maximum atomic E-state index is 11.8. The van der Waals surface area contributed by atoms with Gasteiger partial charge >= 0.3 is 0 Å². The second-order valence-corrected chi connectivity index (χ2v) is 6.12. The van der Waals surface area contributed by atoms with Gasteiger partial charge < -0.3 is 5.73 Å². The summed E-state index contributed by atoms with van der Waals surface area (Å²) in [5.74, 6) is 0.528. The van der Waals surface area contributed by atoms with Gasteiger partial charge in [-0.1, -0.05) is 6.92 Å². The summed E-state index contributed by atoms with van der Waals surface area (Å²) in [4.78, 5) is 0. The third-order valence-electron chi connectivity index (χ3n) is 3.05. The van der Waals surface area contributed by atoms with Gasteiger partial charge in [0.1, 0.15) is 0 Å². The Bertz CT molecular complexity index is 277. The second-order valence-electron chi connectivity index (χ2n) is 4.08. The summed E-state index contributed by atoms with van der Waals surface area (Å²) < 4.78 is 25.2. The van der Waals surface area contributed by atoms with Crippen LogP contribution >= 0.6 is 0 Å². The Morgan fingerprint density at radius 1 is 1.43 bits per heavy atom. The van der Waals surface area contributed by atoms with Crippen molar-refractivity contribution in [1.82, 2.24) is 4.31 Å². The van der Waals surface area contributed by atoms with Crippen molar-refractivity contribution in [2.24, 2.45) is 11.7 Å². The quantitative estimate of drug-likeness (QED) is 0.748. The van der Waals surface area contributed by atoms with Gasteiger partial charge in [0.2, 0.25) is 10.0 Å². The van der Waals surface area contributed by atoms with E-state index in [0.29, 0.717) is 12.5 Å². The van der Waals surface area contributed by atoms with Gasteiger partial charge in [0.05, 0.1) is 5.75 Å². The summed E-state index contributed by atoms with van der Waals surface area (Å²) in [5.41, 5.74) is 5.30. The first-order chi connectivity index (χ1) is 6.49. The zero-order chi connectivity index (χ0) is 10.8. The lowest BCUT2D eigenvalue weighted by molar-refractivity contribution is 0.202. The van der Waals surface area contributed by atoms with Gasteiger partial charge in [-0.05, 0) is 25.7 Å². The predicted molar refractivity (Wildman–Crippen MR) is 57.4 cm³/mol. The van der Waals surface area contributed by atoms with Crippen molar-refractivity contribution in [3.63, 3.8) is 0 Å². The minimum atomic E-state index is -3.11. The summed E-state index contributed by atoms with van der Waals surface area (Å²) in [5, 5.41) is 0. The normalized spacial score (nSPS) is 30.5. The molecule has 0 aromatic carbocycles. The summed E-state index contributed by atoms with van der Waals surface area (Å²) in [6.45, 7) is 4.96. The second kappa shape index (κ2) is 4.59. The highest BCUT2D eigenvalue weighted by atomic mass is 32.2. The molecule has 0 aromatic rings. The molecule has 2 atom stereocenters. The van der Waals surface area contributed by atoms with E-state index in [1.807, 2.05) is 6.92 Å². The number of hydrogen-bond donors (Lipinski definition) is 1. The highest BCUT2D eigenvalue weighted by molar-refractivity contribution is 7.89. The molecule has 2 N–H and O–H groups in total. The molecule has 5 heteroatoms. The van der Waals surface area contributed by atoms with Gasteiger partial charge in [-0.15, -0.1) is 0 Å². The largest absolute Gasteiger partial charge is 0.329 e. The summed E-state index contributed by atoms with van der Waals surface area (Å²) in [6.07, 6.45) is 2.09. The topological polar surface area (TPSA) is 63.4 Å². The van der Waals surface area contributed by atoms with Crippen molar-refractivity contribution < 1.29 is 8.42 Å². The number of sulfonamides is 1. The van der Waals surface area contributed by atoms with E-state index in [1.54, 1.807) is 4.31 Å². The molecule has 1 aliphatic heterocycles. The number of nitrogens with zero attached hydrogens (tertiary/aromatic N) is 1. The van der Waals surface area contributed by atoms with E-state index in [0.717, 1.165) is 12.8 Å². The molecule has 2 unspecified atom stereocenters. The molecular formula is C9H20N2O2S. The predicted octanol–water partition coefficient (Wildman–Crippen LogP) is 0.395. The van der Waals surface area contributed by atoms with Crippen LogP contribution in [0.3, 0.4) is 0 Å². The molecule has 1 fully saturated rings. The Kier molecular flexibility index (Phi) is 3.92. The van der Waals surface area contributed by atoms with E-state index in [4.69, 9.17) is 5.73 Å². The third kappa shape index (κ3) is 2.46. The van der Waals surface area contributed by atoms with Crippen LogP contribution in [0, 0.1) is 5.92 Å². The number of rotatable bonds is 3. The smallest absolute Gasteiger partial charge is 0.215 e. The van der Waals surface area contributed by atoms with Gasteiger partial charge in [0.25, 0.3) is 0 Å². The molecule has 1 heterocycles. The van der Waals surface area contributed by atoms with E-state index in [2.05, 4.69) is 6.92 Å². The lowest BCUT2D eigenvalue weighted by Crippen LogP contribution is -2.47. The Hall–Kier alpha value is -0.130. The summed E-state index contributed by atoms with van der Waals surface area (Å²) in [7, 11) is -3.11. The Morgan fingerprint density at radius 2 is 2.07 bits per heavy atom. The molecule has 0 amide bonds. The van der Waals surface area contributed by atoms with Crippen LogP contribution in [0.25, 0.3) is 0 Å². The van der Waals surface area contributed by atoms with E-state index < -0.39 is 10.0 Å². The van der Waals surface area contributed by atoms with Crippen LogP contribution in [0.2, 0.25) is 0 Å². The molecule has 0 radical (unpaired) electrons. The fourth-order valence-electron chi connectivity index (χ4n) is 1.96. The van der Waals surface area contributed by atoms with Crippen molar-refractivity contribution >= 4 is 10.0 Å². The Morgan fingerprint density at radius 3 is 2.64 bits per heavy atom. The third-order valence-corrected chi connectivity index (χ3v) is 5.03. The maximum Gasteiger partial charge on any atom is 0.215 e. The van der Waals surface area contributed by atoms with Crippen LogP contribution in [0.1, 0.15) is 26.7 Å². The minimum Gasteiger partial charge on any atom is -0.329 e. The molecule has 0 aromatic heterocycles. The van der Waals surface area contributed by atoms with Gasteiger partial charge in [0, 0.05) is 19.1 Å². The zero-order valence-electron chi connectivity index (χ0n) is 8.94. The van der Waals surface area contributed by atoms with Crippen LogP contribution in [0.4, 0.5) is 0 Å². The van der Waals surface area contributed by atoms with Gasteiger partial charge in [0.15, 0.2) is 0 Å². The number of nitrogens with two attached hydrogens (primary N) is 1. The van der Waals surface area contributed by atoms with Gasteiger partial charge in [-0.3, -0.25) is 0 Å². The van der Waals surface area contributed by atoms with Crippen LogP contribution in [0.15, 0.2) is 0 Å². The first-order valence-corrected chi connectivity index (χ1v) is 6.79. The highest BCUT2D eigenvalue weighted by Crippen LogP contribution is 2.25. The van der Waals surface area contributed by atoms with Crippen molar-refractivity contribution in [3.05, 3.63) is 0 Å². The number of hydrogen-bond acceptors (Lipinski definition) is 3. The van der Waals surface area contributed by atoms with E-state index in [9.17, 15) is 8.42 Å². The Balaban J connectivity index is 2.76. The van der Waals surface area contributed by atoms with E-state index in [-0.39, 0.29) is 18.3 Å². The Labute approximate surface area is 86.5 Å². The molecule has 4 nitrogen and oxygen atoms in total. The van der Waals surface area contributed by atoms with Crippen LogP contribution in [0.5, 0.6) is 0 Å². The van der Waals surface area contributed by atoms with Crippen LogP contribution in [-0.4, -0.2) is 37.6 Å². The SMILES string of the molecule is CC1CCCN(S(=O)(=O)CCN)C1C. The zero-order valence-corrected chi connectivity index (χ0v) is 9.76. The summed E-state index contributed by atoms with van der Waals surface area (Å²) in [6, 6.07) is 0.125. The highest BCUT2D eigenvalue weighted by Gasteiger charge is 2.32. The minimum absolute atomic E-state index is 0.0735. The van der Waals surface area contributed by atoms with E-state index in [1.165, 1.54) is 0 Å². The van der Waals surface area contributed by atoms with Crippen molar-refractivity contribution in [2.75, 3.05) is 18.8 Å². The molecule has 1 saturated heterocycles. The van der Waals surface area contributed by atoms with E-state index >= 15 is 0 Å². The summed E-state index contributed by atoms with van der Waals surface area (Å²) >= 11 is 0. The van der Waals surface area contributed by atoms with Crippen LogP contribution in [-0.2, 0) is 10.0 Å². The molecule has 1 rings (SSSR count). The molecule has 0 spiro atoms. The van der Waals surface area contributed by atoms with Crippen molar-refractivity contribution in [3.8, 4) is 0 Å². The molecule has 1 aliphatic rings. The average molecular weight is 220 g/mol. The van der Waals surface area contributed by atoms with Crippen molar-refractivity contribution in [1.29, 1.82) is 0 Å². The first kappa shape index (κ1) is 11.9. The van der Waals surface area contributed by atoms with Gasteiger partial charge in [-0.25, -0.2) is 8.42 Å². The fraction of sp³-hybridized carbons (Fsp3) is 1.00.